The van der Waals surface area contributed by atoms with Gasteiger partial charge in [0.2, 0.25) is 5.91 Å². The minimum atomic E-state index is -0.373. The summed E-state index contributed by atoms with van der Waals surface area (Å²) < 4.78 is 18.9. The van der Waals surface area contributed by atoms with Crippen molar-refractivity contribution in [1.29, 1.82) is 0 Å². The monoisotopic (exact) mass is 450 g/mol. The molecule has 0 radical (unpaired) electrons. The molecular formula is C25H27FN4O3. The summed E-state index contributed by atoms with van der Waals surface area (Å²) in [6.07, 6.45) is 1.23. The number of hydrogen-bond donors (Lipinski definition) is 2. The average molecular weight is 451 g/mol. The fourth-order valence-corrected chi connectivity index (χ4v) is 3.82. The molecule has 2 heterocycles. The second-order valence-corrected chi connectivity index (χ2v) is 8.38. The number of fused-ring (bicyclic) bond motifs is 1. The number of amides is 2. The fourth-order valence-electron chi connectivity index (χ4n) is 3.82. The third-order valence-electron chi connectivity index (χ3n) is 5.76. The maximum Gasteiger partial charge on any atom is 0.272 e. The van der Waals surface area contributed by atoms with Crippen LogP contribution in [-0.2, 0) is 9.59 Å². The van der Waals surface area contributed by atoms with E-state index >= 15 is 0 Å². The van der Waals surface area contributed by atoms with Gasteiger partial charge >= 0.3 is 0 Å². The average Bonchev–Trinajstić information content (AvgIpc) is 2.80. The first-order valence-electron chi connectivity index (χ1n) is 11.0. The molecule has 172 valence electrons. The second-order valence-electron chi connectivity index (χ2n) is 8.38. The molecule has 0 atom stereocenters. The SMILES string of the molecule is Cc1ccc2nc(NC(=O)C3CCN(NC(=O)COc4ccc(C)c(F)c4)CC3)ccc2c1. The van der Waals surface area contributed by atoms with E-state index in [1.54, 1.807) is 24.1 Å². The number of ether oxygens (including phenoxy) is 1. The normalized spacial score (nSPS) is 14.8. The second kappa shape index (κ2) is 9.95. The Kier molecular flexibility index (Phi) is 6.84. The standard InChI is InChI=1S/C25H27FN4O3/c1-16-3-7-22-19(13-16)5-8-23(27-22)28-25(32)18-9-11-30(12-10-18)29-24(31)15-33-20-6-4-17(2)21(26)14-20/h3-8,13-14,18H,9-12,15H2,1-2H3,(H,29,31)(H,27,28,32). The van der Waals surface area contributed by atoms with Crippen LogP contribution in [-0.4, -0.2) is 41.5 Å². The van der Waals surface area contributed by atoms with Gasteiger partial charge < -0.3 is 10.1 Å². The largest absolute Gasteiger partial charge is 0.484 e. The van der Waals surface area contributed by atoms with Crippen molar-refractivity contribution >= 4 is 28.5 Å². The molecule has 7 nitrogen and oxygen atoms in total. The highest BCUT2D eigenvalue weighted by Crippen LogP contribution is 2.21. The maximum absolute atomic E-state index is 13.6. The minimum Gasteiger partial charge on any atom is -0.484 e. The molecule has 2 N–H and O–H groups in total. The predicted molar refractivity (Wildman–Crippen MR) is 124 cm³/mol. The van der Waals surface area contributed by atoms with E-state index in [4.69, 9.17) is 4.74 Å². The zero-order chi connectivity index (χ0) is 23.4. The number of hydrazine groups is 1. The number of piperidine rings is 1. The number of rotatable bonds is 6. The highest BCUT2D eigenvalue weighted by Gasteiger charge is 2.26. The van der Waals surface area contributed by atoms with Gasteiger partial charge in [0.1, 0.15) is 17.4 Å². The highest BCUT2D eigenvalue weighted by molar-refractivity contribution is 5.93. The Labute approximate surface area is 191 Å². The van der Waals surface area contributed by atoms with Crippen molar-refractivity contribution in [1.82, 2.24) is 15.4 Å². The van der Waals surface area contributed by atoms with Gasteiger partial charge in [-0.3, -0.25) is 15.0 Å². The summed E-state index contributed by atoms with van der Waals surface area (Å²) in [6, 6.07) is 14.3. The molecule has 4 rings (SSSR count). The van der Waals surface area contributed by atoms with Gasteiger partial charge in [0.05, 0.1) is 5.52 Å². The van der Waals surface area contributed by atoms with Gasteiger partial charge in [-0.25, -0.2) is 14.4 Å². The molecule has 2 aromatic carbocycles. The van der Waals surface area contributed by atoms with Crippen LogP contribution in [0.5, 0.6) is 5.75 Å². The number of carbonyl (C=O) groups is 2. The number of anilines is 1. The molecule has 3 aromatic rings. The van der Waals surface area contributed by atoms with Crippen LogP contribution in [0.4, 0.5) is 10.2 Å². The van der Waals surface area contributed by atoms with Crippen LogP contribution in [0.25, 0.3) is 10.9 Å². The summed E-state index contributed by atoms with van der Waals surface area (Å²) in [4.78, 5) is 29.4. The van der Waals surface area contributed by atoms with Crippen molar-refractivity contribution in [2.75, 3.05) is 25.0 Å². The van der Waals surface area contributed by atoms with E-state index in [-0.39, 0.29) is 30.2 Å². The first kappa shape index (κ1) is 22.7. The van der Waals surface area contributed by atoms with E-state index in [0.29, 0.717) is 43.1 Å². The van der Waals surface area contributed by atoms with Gasteiger partial charge in [0.25, 0.3) is 5.91 Å². The van der Waals surface area contributed by atoms with Crippen LogP contribution in [0.1, 0.15) is 24.0 Å². The van der Waals surface area contributed by atoms with Crippen LogP contribution < -0.4 is 15.5 Å². The van der Waals surface area contributed by atoms with E-state index in [9.17, 15) is 14.0 Å². The summed E-state index contributed by atoms with van der Waals surface area (Å²) in [6.45, 7) is 4.58. The van der Waals surface area contributed by atoms with Gasteiger partial charge in [-0.2, -0.15) is 0 Å². The highest BCUT2D eigenvalue weighted by atomic mass is 19.1. The summed E-state index contributed by atoms with van der Waals surface area (Å²) in [5, 5.41) is 5.73. The zero-order valence-electron chi connectivity index (χ0n) is 18.7. The van der Waals surface area contributed by atoms with Crippen LogP contribution >= 0.6 is 0 Å². The number of hydrogen-bond acceptors (Lipinski definition) is 5. The summed E-state index contributed by atoms with van der Waals surface area (Å²) in [7, 11) is 0. The lowest BCUT2D eigenvalue weighted by Gasteiger charge is -2.31. The summed E-state index contributed by atoms with van der Waals surface area (Å²) in [5.74, 6) is -0.0697. The third-order valence-corrected chi connectivity index (χ3v) is 5.76. The molecule has 0 spiro atoms. The molecular weight excluding hydrogens is 423 g/mol. The third kappa shape index (κ3) is 5.84. The smallest absolute Gasteiger partial charge is 0.272 e. The van der Waals surface area contributed by atoms with Crippen molar-refractivity contribution in [3.8, 4) is 5.75 Å². The lowest BCUT2D eigenvalue weighted by Crippen LogP contribution is -2.49. The molecule has 2 amide bonds. The van der Waals surface area contributed by atoms with Crippen molar-refractivity contribution < 1.29 is 18.7 Å². The Morgan fingerprint density at radius 2 is 1.88 bits per heavy atom. The fraction of sp³-hybridized carbons (Fsp3) is 0.320. The van der Waals surface area contributed by atoms with Gasteiger partial charge in [-0.15, -0.1) is 0 Å². The van der Waals surface area contributed by atoms with Gasteiger partial charge in [-0.05, 0) is 62.6 Å². The maximum atomic E-state index is 13.6. The van der Waals surface area contributed by atoms with Gasteiger partial charge in [-0.1, -0.05) is 17.7 Å². The van der Waals surface area contributed by atoms with E-state index in [1.807, 2.05) is 31.2 Å². The first-order chi connectivity index (χ1) is 15.9. The Morgan fingerprint density at radius 3 is 2.64 bits per heavy atom. The summed E-state index contributed by atoms with van der Waals surface area (Å²) in [5.41, 5.74) is 5.30. The molecule has 8 heteroatoms. The van der Waals surface area contributed by atoms with Crippen LogP contribution in [0, 0.1) is 25.6 Å². The van der Waals surface area contributed by atoms with Gasteiger partial charge in [0.15, 0.2) is 6.61 Å². The molecule has 1 saturated heterocycles. The van der Waals surface area contributed by atoms with Crippen LogP contribution in [0.2, 0.25) is 0 Å². The van der Waals surface area contributed by atoms with Crippen molar-refractivity contribution in [3.63, 3.8) is 0 Å². The molecule has 1 aliphatic heterocycles. The van der Waals surface area contributed by atoms with Crippen LogP contribution in [0.3, 0.4) is 0 Å². The number of nitrogens with zero attached hydrogens (tertiary/aromatic N) is 2. The molecule has 33 heavy (non-hydrogen) atoms. The van der Waals surface area contributed by atoms with Crippen molar-refractivity contribution in [3.05, 3.63) is 65.5 Å². The number of halogens is 1. The number of carbonyl (C=O) groups excluding carboxylic acids is 2. The zero-order valence-corrected chi connectivity index (χ0v) is 18.7. The van der Waals surface area contributed by atoms with E-state index in [0.717, 1.165) is 16.5 Å². The molecule has 0 bridgehead atoms. The predicted octanol–water partition coefficient (Wildman–Crippen LogP) is 3.75. The summed E-state index contributed by atoms with van der Waals surface area (Å²) >= 11 is 0. The molecule has 1 aromatic heterocycles. The minimum absolute atomic E-state index is 0.0651. The Bertz CT molecular complexity index is 1180. The lowest BCUT2D eigenvalue weighted by atomic mass is 9.97. The first-order valence-corrected chi connectivity index (χ1v) is 11.0. The van der Waals surface area contributed by atoms with Gasteiger partial charge in [0, 0.05) is 30.5 Å². The molecule has 1 aliphatic rings. The van der Waals surface area contributed by atoms with E-state index < -0.39 is 0 Å². The van der Waals surface area contributed by atoms with Crippen molar-refractivity contribution in [2.24, 2.45) is 5.92 Å². The van der Waals surface area contributed by atoms with Crippen molar-refractivity contribution in [2.45, 2.75) is 26.7 Å². The number of aryl methyl sites for hydroxylation is 2. The number of benzene rings is 2. The Hall–Kier alpha value is -3.52. The Balaban J connectivity index is 1.22. The molecule has 0 unspecified atom stereocenters. The molecule has 0 aliphatic carbocycles. The topological polar surface area (TPSA) is 83.6 Å². The van der Waals surface area contributed by atoms with E-state index in [1.165, 1.54) is 6.07 Å². The lowest BCUT2D eigenvalue weighted by molar-refractivity contribution is -0.129. The quantitative estimate of drug-likeness (QED) is 0.598. The van der Waals surface area contributed by atoms with Crippen LogP contribution in [0.15, 0.2) is 48.5 Å². The Morgan fingerprint density at radius 1 is 1.09 bits per heavy atom. The van der Waals surface area contributed by atoms with E-state index in [2.05, 4.69) is 21.8 Å². The number of aromatic nitrogens is 1. The molecule has 0 saturated carbocycles. The number of nitrogens with one attached hydrogen (secondary N) is 2. The molecule has 1 fully saturated rings. The number of pyridine rings is 1.